The van der Waals surface area contributed by atoms with Gasteiger partial charge in [0.25, 0.3) is 0 Å². The number of aromatic nitrogens is 7. The number of para-hydroxylation sites is 1. The first-order valence-electron chi connectivity index (χ1n) is 6.23. The zero-order chi connectivity index (χ0) is 13.8. The van der Waals surface area contributed by atoms with Crippen LogP contribution in [0.25, 0.3) is 5.69 Å². The van der Waals surface area contributed by atoms with E-state index in [1.807, 2.05) is 43.6 Å². The van der Waals surface area contributed by atoms with Gasteiger partial charge in [-0.2, -0.15) is 4.68 Å². The van der Waals surface area contributed by atoms with Crippen molar-refractivity contribution in [1.82, 2.24) is 40.5 Å². The molecule has 3 aromatic rings. The third kappa shape index (κ3) is 2.54. The van der Waals surface area contributed by atoms with Crippen LogP contribution < -0.4 is 5.32 Å². The highest BCUT2D eigenvalue weighted by atomic mass is 15.6. The molecule has 0 spiro atoms. The van der Waals surface area contributed by atoms with E-state index >= 15 is 0 Å². The maximum atomic E-state index is 4.06. The van der Waals surface area contributed by atoms with Crippen LogP contribution in [-0.2, 0) is 13.1 Å². The first kappa shape index (κ1) is 12.4. The zero-order valence-corrected chi connectivity index (χ0v) is 11.0. The largest absolute Gasteiger partial charge is 0.314 e. The van der Waals surface area contributed by atoms with Gasteiger partial charge in [-0.1, -0.05) is 23.4 Å². The third-order valence-corrected chi connectivity index (χ3v) is 2.78. The summed E-state index contributed by atoms with van der Waals surface area (Å²) in [5.74, 6) is 0.706. The monoisotopic (exact) mass is 270 g/mol. The minimum atomic E-state index is 0.471. The molecular weight excluding hydrogens is 256 g/mol. The molecule has 0 radical (unpaired) electrons. The van der Waals surface area contributed by atoms with Crippen LogP contribution in [0.4, 0.5) is 0 Å². The Kier molecular flexibility index (Phi) is 3.46. The van der Waals surface area contributed by atoms with Gasteiger partial charge in [0.05, 0.1) is 17.6 Å². The average Bonchev–Trinajstić information content (AvgIpc) is 3.10. The van der Waals surface area contributed by atoms with Crippen molar-refractivity contribution in [2.24, 2.45) is 0 Å². The molecule has 1 N–H and O–H groups in total. The first-order chi connectivity index (χ1) is 9.86. The lowest BCUT2D eigenvalue weighted by Crippen LogP contribution is -2.09. The topological polar surface area (TPSA) is 86.3 Å². The van der Waals surface area contributed by atoms with Crippen molar-refractivity contribution in [3.05, 3.63) is 48.0 Å². The molecule has 1 aromatic carbocycles. The van der Waals surface area contributed by atoms with Gasteiger partial charge in [-0.15, -0.1) is 10.2 Å². The van der Waals surface area contributed by atoms with Crippen molar-refractivity contribution in [2.75, 3.05) is 7.05 Å². The maximum absolute atomic E-state index is 4.06. The van der Waals surface area contributed by atoms with Gasteiger partial charge >= 0.3 is 0 Å². The van der Waals surface area contributed by atoms with Gasteiger partial charge in [-0.25, -0.2) is 4.68 Å². The van der Waals surface area contributed by atoms with E-state index in [0.717, 1.165) is 11.4 Å². The molecule has 3 rings (SSSR count). The Labute approximate surface area is 115 Å². The van der Waals surface area contributed by atoms with Gasteiger partial charge < -0.3 is 5.32 Å². The minimum absolute atomic E-state index is 0.471. The molecule has 20 heavy (non-hydrogen) atoms. The lowest BCUT2D eigenvalue weighted by atomic mass is 10.3. The Balaban J connectivity index is 1.83. The van der Waals surface area contributed by atoms with Crippen molar-refractivity contribution >= 4 is 0 Å². The van der Waals surface area contributed by atoms with E-state index in [1.54, 1.807) is 9.36 Å². The zero-order valence-electron chi connectivity index (χ0n) is 11.0. The third-order valence-electron chi connectivity index (χ3n) is 2.78. The number of rotatable bonds is 5. The Morgan fingerprint density at radius 2 is 1.95 bits per heavy atom. The fraction of sp³-hybridized carbons (Fsp3) is 0.250. The number of nitrogens with one attached hydrogen (secondary N) is 1. The molecule has 0 unspecified atom stereocenters. The maximum Gasteiger partial charge on any atom is 0.178 e. The summed E-state index contributed by atoms with van der Waals surface area (Å²) in [6.07, 6.45) is 1.88. The van der Waals surface area contributed by atoms with E-state index in [-0.39, 0.29) is 0 Å². The predicted octanol–water partition coefficient (Wildman–Crippen LogP) is 0.0215. The summed E-state index contributed by atoms with van der Waals surface area (Å²) in [5, 5.41) is 22.9. The smallest absolute Gasteiger partial charge is 0.178 e. The molecule has 8 heteroatoms. The highest BCUT2D eigenvalue weighted by molar-refractivity contribution is 5.30. The second-order valence-corrected chi connectivity index (χ2v) is 4.28. The van der Waals surface area contributed by atoms with E-state index in [9.17, 15) is 0 Å². The standard InChI is InChI=1S/C12H14N8/c1-13-7-10-8-19(17-14-10)9-12-15-16-18-20(12)11-5-3-2-4-6-11/h2-6,8,13H,7,9H2,1H3. The summed E-state index contributed by atoms with van der Waals surface area (Å²) in [5.41, 5.74) is 1.80. The quantitative estimate of drug-likeness (QED) is 0.703. The van der Waals surface area contributed by atoms with Crippen LogP contribution in [0.2, 0.25) is 0 Å². The lowest BCUT2D eigenvalue weighted by molar-refractivity contribution is 0.609. The number of hydrogen-bond donors (Lipinski definition) is 1. The summed E-state index contributed by atoms with van der Waals surface area (Å²) >= 11 is 0. The van der Waals surface area contributed by atoms with Crippen LogP contribution in [-0.4, -0.2) is 42.2 Å². The minimum Gasteiger partial charge on any atom is -0.314 e. The lowest BCUT2D eigenvalue weighted by Gasteiger charge is -2.03. The fourth-order valence-electron chi connectivity index (χ4n) is 1.90. The van der Waals surface area contributed by atoms with Crippen LogP contribution in [0.1, 0.15) is 11.5 Å². The molecular formula is C12H14N8. The summed E-state index contributed by atoms with van der Waals surface area (Å²) in [6.45, 7) is 1.15. The fourth-order valence-corrected chi connectivity index (χ4v) is 1.90. The van der Waals surface area contributed by atoms with Crippen molar-refractivity contribution in [2.45, 2.75) is 13.1 Å². The summed E-state index contributed by atoms with van der Waals surface area (Å²) in [6, 6.07) is 9.75. The molecule has 0 aliphatic rings. The molecule has 0 saturated carbocycles. The van der Waals surface area contributed by atoms with Gasteiger partial charge in [0.2, 0.25) is 0 Å². The Bertz CT molecular complexity index is 672. The number of nitrogens with zero attached hydrogens (tertiary/aromatic N) is 7. The van der Waals surface area contributed by atoms with Crippen LogP contribution in [0.15, 0.2) is 36.5 Å². The van der Waals surface area contributed by atoms with Crippen LogP contribution in [0.3, 0.4) is 0 Å². The Morgan fingerprint density at radius 1 is 1.10 bits per heavy atom. The van der Waals surface area contributed by atoms with E-state index < -0.39 is 0 Å². The molecule has 8 nitrogen and oxygen atoms in total. The van der Waals surface area contributed by atoms with E-state index in [2.05, 4.69) is 31.2 Å². The van der Waals surface area contributed by atoms with Crippen molar-refractivity contribution in [1.29, 1.82) is 0 Å². The van der Waals surface area contributed by atoms with Gasteiger partial charge in [-0.05, 0) is 29.6 Å². The van der Waals surface area contributed by atoms with Crippen LogP contribution >= 0.6 is 0 Å². The normalized spacial score (nSPS) is 10.8. The number of tetrazole rings is 1. The molecule has 0 aliphatic carbocycles. The van der Waals surface area contributed by atoms with Crippen molar-refractivity contribution in [3.8, 4) is 5.69 Å². The second-order valence-electron chi connectivity index (χ2n) is 4.28. The van der Waals surface area contributed by atoms with Crippen LogP contribution in [0.5, 0.6) is 0 Å². The van der Waals surface area contributed by atoms with E-state index in [0.29, 0.717) is 18.9 Å². The number of hydrogen-bond acceptors (Lipinski definition) is 6. The molecule has 0 atom stereocenters. The van der Waals surface area contributed by atoms with Gasteiger partial charge in [0.1, 0.15) is 6.54 Å². The molecule has 0 aliphatic heterocycles. The highest BCUT2D eigenvalue weighted by Gasteiger charge is 2.09. The molecule has 2 heterocycles. The highest BCUT2D eigenvalue weighted by Crippen LogP contribution is 2.07. The average molecular weight is 270 g/mol. The van der Waals surface area contributed by atoms with E-state index in [4.69, 9.17) is 0 Å². The SMILES string of the molecule is CNCc1cn(Cc2nnnn2-c2ccccc2)nn1. The summed E-state index contributed by atoms with van der Waals surface area (Å²) in [7, 11) is 1.87. The van der Waals surface area contributed by atoms with Crippen molar-refractivity contribution in [3.63, 3.8) is 0 Å². The molecule has 0 saturated heterocycles. The predicted molar refractivity (Wildman–Crippen MR) is 71.0 cm³/mol. The summed E-state index contributed by atoms with van der Waals surface area (Å²) in [4.78, 5) is 0. The van der Waals surface area contributed by atoms with E-state index in [1.165, 1.54) is 0 Å². The second kappa shape index (κ2) is 5.57. The van der Waals surface area contributed by atoms with Crippen molar-refractivity contribution < 1.29 is 0 Å². The van der Waals surface area contributed by atoms with Crippen LogP contribution in [0, 0.1) is 0 Å². The number of benzene rings is 1. The first-order valence-corrected chi connectivity index (χ1v) is 6.23. The van der Waals surface area contributed by atoms with Gasteiger partial charge in [0, 0.05) is 6.54 Å². The summed E-state index contributed by atoms with van der Waals surface area (Å²) < 4.78 is 3.41. The Hall–Kier alpha value is -2.61. The molecule has 0 fully saturated rings. The van der Waals surface area contributed by atoms with Gasteiger partial charge in [0.15, 0.2) is 5.82 Å². The Morgan fingerprint density at radius 3 is 2.75 bits per heavy atom. The van der Waals surface area contributed by atoms with Gasteiger partial charge in [-0.3, -0.25) is 0 Å². The molecule has 2 aromatic heterocycles. The molecule has 0 amide bonds. The molecule has 102 valence electrons. The molecule has 0 bridgehead atoms.